The zero-order valence-electron chi connectivity index (χ0n) is 11.4. The van der Waals surface area contributed by atoms with Gasteiger partial charge in [-0.3, -0.25) is 14.8 Å². The first-order valence-corrected chi connectivity index (χ1v) is 7.57. The molecule has 1 fully saturated rings. The minimum Gasteiger partial charge on any atom is -0.335 e. The van der Waals surface area contributed by atoms with Gasteiger partial charge in [0.25, 0.3) is 5.91 Å². The van der Waals surface area contributed by atoms with Gasteiger partial charge in [-0.05, 0) is 13.0 Å². The Morgan fingerprint density at radius 2 is 2.20 bits per heavy atom. The number of thiazole rings is 1. The van der Waals surface area contributed by atoms with Crippen LogP contribution in [0.3, 0.4) is 0 Å². The van der Waals surface area contributed by atoms with E-state index in [0.29, 0.717) is 5.69 Å². The molecule has 106 valence electrons. The van der Waals surface area contributed by atoms with Gasteiger partial charge in [-0.25, -0.2) is 4.98 Å². The number of rotatable bonds is 3. The Bertz CT molecular complexity index is 571. The normalized spacial score (nSPS) is 16.6. The summed E-state index contributed by atoms with van der Waals surface area (Å²) in [6.45, 7) is 6.02. The lowest BCUT2D eigenvalue weighted by molar-refractivity contribution is 0.0621. The molecule has 2 aromatic heterocycles. The summed E-state index contributed by atoms with van der Waals surface area (Å²) in [7, 11) is 0. The van der Waals surface area contributed by atoms with E-state index in [9.17, 15) is 4.79 Å². The van der Waals surface area contributed by atoms with E-state index in [0.717, 1.165) is 44.1 Å². The lowest BCUT2D eigenvalue weighted by atomic mass is 10.2. The van der Waals surface area contributed by atoms with Crippen molar-refractivity contribution in [1.29, 1.82) is 0 Å². The van der Waals surface area contributed by atoms with Gasteiger partial charge in [0.15, 0.2) is 0 Å². The molecule has 20 heavy (non-hydrogen) atoms. The lowest BCUT2D eigenvalue weighted by Gasteiger charge is -2.33. The molecule has 0 radical (unpaired) electrons. The second-order valence-electron chi connectivity index (χ2n) is 4.98. The fourth-order valence-electron chi connectivity index (χ4n) is 2.34. The van der Waals surface area contributed by atoms with Crippen LogP contribution in [0.2, 0.25) is 0 Å². The Balaban J connectivity index is 1.54. The molecule has 0 aliphatic carbocycles. The van der Waals surface area contributed by atoms with Crippen molar-refractivity contribution in [3.8, 4) is 0 Å². The van der Waals surface area contributed by atoms with Gasteiger partial charge in [-0.2, -0.15) is 5.10 Å². The van der Waals surface area contributed by atoms with Gasteiger partial charge in [-0.15, -0.1) is 11.3 Å². The van der Waals surface area contributed by atoms with Gasteiger partial charge >= 0.3 is 0 Å². The molecule has 0 spiro atoms. The van der Waals surface area contributed by atoms with E-state index in [4.69, 9.17) is 0 Å². The maximum Gasteiger partial charge on any atom is 0.274 e. The van der Waals surface area contributed by atoms with Crippen molar-refractivity contribution in [1.82, 2.24) is 25.0 Å². The van der Waals surface area contributed by atoms with E-state index < -0.39 is 0 Å². The summed E-state index contributed by atoms with van der Waals surface area (Å²) in [4.78, 5) is 20.7. The van der Waals surface area contributed by atoms with Crippen LogP contribution in [0.1, 0.15) is 21.9 Å². The molecule has 3 rings (SSSR count). The number of hydrogen-bond acceptors (Lipinski definition) is 5. The third kappa shape index (κ3) is 2.88. The molecule has 1 amide bonds. The van der Waals surface area contributed by atoms with Crippen LogP contribution in [0.25, 0.3) is 0 Å². The second-order valence-corrected chi connectivity index (χ2v) is 5.70. The predicted molar refractivity (Wildman–Crippen MR) is 76.6 cm³/mol. The molecule has 0 aromatic carbocycles. The summed E-state index contributed by atoms with van der Waals surface area (Å²) in [5, 5.41) is 8.92. The average molecular weight is 291 g/mol. The van der Waals surface area contributed by atoms with Gasteiger partial charge in [-0.1, -0.05) is 0 Å². The highest BCUT2D eigenvalue weighted by atomic mass is 32.1. The van der Waals surface area contributed by atoms with E-state index >= 15 is 0 Å². The van der Waals surface area contributed by atoms with Crippen molar-refractivity contribution in [3.63, 3.8) is 0 Å². The highest BCUT2D eigenvalue weighted by molar-refractivity contribution is 7.07. The first-order chi connectivity index (χ1) is 9.72. The van der Waals surface area contributed by atoms with Crippen LogP contribution in [0.5, 0.6) is 0 Å². The maximum absolute atomic E-state index is 12.3. The number of amides is 1. The molecule has 0 saturated carbocycles. The van der Waals surface area contributed by atoms with Crippen LogP contribution in [-0.2, 0) is 6.54 Å². The van der Waals surface area contributed by atoms with Gasteiger partial charge in [0, 0.05) is 43.8 Å². The molecule has 1 saturated heterocycles. The molecule has 3 heterocycles. The minimum atomic E-state index is 0.0164. The van der Waals surface area contributed by atoms with Crippen LogP contribution in [0, 0.1) is 6.92 Å². The molecule has 1 aliphatic rings. The number of hydrogen-bond donors (Lipinski definition) is 1. The summed E-state index contributed by atoms with van der Waals surface area (Å²) >= 11 is 1.62. The number of carbonyl (C=O) groups excluding carboxylic acids is 1. The monoisotopic (exact) mass is 291 g/mol. The number of H-pyrrole nitrogens is 1. The van der Waals surface area contributed by atoms with Gasteiger partial charge < -0.3 is 4.90 Å². The number of aromatic nitrogens is 3. The number of piperazine rings is 1. The van der Waals surface area contributed by atoms with Crippen LogP contribution in [-0.4, -0.2) is 57.1 Å². The van der Waals surface area contributed by atoms with Crippen molar-refractivity contribution >= 4 is 17.2 Å². The van der Waals surface area contributed by atoms with Crippen molar-refractivity contribution in [2.75, 3.05) is 26.2 Å². The number of aromatic amines is 1. The Morgan fingerprint density at radius 3 is 2.80 bits per heavy atom. The number of carbonyl (C=O) groups is 1. The summed E-state index contributed by atoms with van der Waals surface area (Å²) < 4.78 is 0. The largest absolute Gasteiger partial charge is 0.335 e. The molecule has 0 atom stereocenters. The Kier molecular flexibility index (Phi) is 3.79. The molecule has 2 aromatic rings. The van der Waals surface area contributed by atoms with E-state index in [1.165, 1.54) is 0 Å². The topological polar surface area (TPSA) is 65.1 Å². The number of nitrogens with zero attached hydrogens (tertiary/aromatic N) is 4. The van der Waals surface area contributed by atoms with Crippen molar-refractivity contribution in [2.45, 2.75) is 13.5 Å². The molecular weight excluding hydrogens is 274 g/mol. The summed E-state index contributed by atoms with van der Waals surface area (Å²) in [5.41, 5.74) is 4.39. The van der Waals surface area contributed by atoms with Gasteiger partial charge in [0.2, 0.25) is 0 Å². The fourth-order valence-corrected chi connectivity index (χ4v) is 2.89. The number of nitrogens with one attached hydrogen (secondary N) is 1. The highest BCUT2D eigenvalue weighted by Crippen LogP contribution is 2.11. The molecule has 1 aliphatic heterocycles. The lowest BCUT2D eigenvalue weighted by Crippen LogP contribution is -2.48. The zero-order chi connectivity index (χ0) is 13.9. The average Bonchev–Trinajstić information content (AvgIpc) is 3.10. The van der Waals surface area contributed by atoms with Crippen LogP contribution in [0.15, 0.2) is 17.0 Å². The molecule has 6 nitrogen and oxygen atoms in total. The number of aryl methyl sites for hydroxylation is 1. The van der Waals surface area contributed by atoms with Crippen molar-refractivity contribution < 1.29 is 4.79 Å². The predicted octanol–water partition coefficient (Wildman–Crippen LogP) is 1.13. The van der Waals surface area contributed by atoms with E-state index in [2.05, 4.69) is 25.5 Å². The second kappa shape index (κ2) is 5.72. The minimum absolute atomic E-state index is 0.0164. The fraction of sp³-hybridized carbons (Fsp3) is 0.462. The van der Waals surface area contributed by atoms with Crippen LogP contribution in [0.4, 0.5) is 0 Å². The first-order valence-electron chi connectivity index (χ1n) is 6.63. The van der Waals surface area contributed by atoms with Gasteiger partial charge in [0.05, 0.1) is 11.2 Å². The Labute approximate surface area is 121 Å². The van der Waals surface area contributed by atoms with Crippen molar-refractivity contribution in [3.05, 3.63) is 34.0 Å². The summed E-state index contributed by atoms with van der Waals surface area (Å²) in [6, 6.07) is 1.80. The molecule has 7 heteroatoms. The SMILES string of the molecule is Cc1cc(C(=O)N2CCN(Cc3cscn3)CC2)n[nH]1. The standard InChI is InChI=1S/C13H17N5OS/c1-10-6-12(16-15-10)13(19)18-4-2-17(3-5-18)7-11-8-20-9-14-11/h6,8-9H,2-5,7H2,1H3,(H,15,16). The first kappa shape index (κ1) is 13.3. The smallest absolute Gasteiger partial charge is 0.274 e. The molecule has 0 unspecified atom stereocenters. The van der Waals surface area contributed by atoms with E-state index in [1.807, 2.05) is 17.3 Å². The third-order valence-corrected chi connectivity index (χ3v) is 4.09. The molecule has 0 bridgehead atoms. The van der Waals surface area contributed by atoms with Crippen LogP contribution < -0.4 is 0 Å². The van der Waals surface area contributed by atoms with Gasteiger partial charge in [0.1, 0.15) is 5.69 Å². The van der Waals surface area contributed by atoms with Crippen molar-refractivity contribution in [2.24, 2.45) is 0 Å². The Hall–Kier alpha value is -1.73. The third-order valence-electron chi connectivity index (χ3n) is 3.45. The van der Waals surface area contributed by atoms with E-state index in [-0.39, 0.29) is 5.91 Å². The molecular formula is C13H17N5OS. The highest BCUT2D eigenvalue weighted by Gasteiger charge is 2.23. The summed E-state index contributed by atoms with van der Waals surface area (Å²) in [5.74, 6) is 0.0164. The van der Waals surface area contributed by atoms with E-state index in [1.54, 1.807) is 17.4 Å². The maximum atomic E-state index is 12.3. The van der Waals surface area contributed by atoms with Crippen LogP contribution >= 0.6 is 11.3 Å². The Morgan fingerprint density at radius 1 is 1.40 bits per heavy atom. The quantitative estimate of drug-likeness (QED) is 0.921. The molecule has 1 N–H and O–H groups in total. The summed E-state index contributed by atoms with van der Waals surface area (Å²) in [6.07, 6.45) is 0. The zero-order valence-corrected chi connectivity index (χ0v) is 12.2.